The first-order chi connectivity index (χ1) is 9.65. The van der Waals surface area contributed by atoms with E-state index >= 15 is 0 Å². The zero-order valence-corrected chi connectivity index (χ0v) is 12.1. The summed E-state index contributed by atoms with van der Waals surface area (Å²) in [6, 6.07) is 0.631. The lowest BCUT2D eigenvalue weighted by Crippen LogP contribution is -2.59. The standard InChI is InChI=1S/C14H23N5O/c1-9-4-3-5-10(2)19(9)18-14(20)12-6-11-13(7-15-12)17-8-16-11/h8-10,12,15H,3-7H2,1-2H3,(H,16,17)(H,18,20). The summed E-state index contributed by atoms with van der Waals surface area (Å²) in [5, 5.41) is 5.39. The Morgan fingerprint density at radius 2 is 2.15 bits per heavy atom. The SMILES string of the molecule is CC1CCCC(C)N1NC(=O)C1Cc2nc[nH]c2CN1. The number of hydrogen-bond acceptors (Lipinski definition) is 4. The van der Waals surface area contributed by atoms with Gasteiger partial charge in [-0.25, -0.2) is 9.99 Å². The Kier molecular flexibility index (Phi) is 3.76. The maximum Gasteiger partial charge on any atom is 0.251 e. The van der Waals surface area contributed by atoms with E-state index in [1.165, 1.54) is 6.42 Å². The van der Waals surface area contributed by atoms with E-state index in [4.69, 9.17) is 0 Å². The van der Waals surface area contributed by atoms with Crippen LogP contribution in [0.5, 0.6) is 0 Å². The van der Waals surface area contributed by atoms with Crippen molar-refractivity contribution in [2.45, 2.75) is 64.2 Å². The van der Waals surface area contributed by atoms with Gasteiger partial charge in [0.1, 0.15) is 0 Å². The number of carbonyl (C=O) groups excluding carboxylic acids is 1. The fourth-order valence-electron chi connectivity index (χ4n) is 3.20. The van der Waals surface area contributed by atoms with Gasteiger partial charge < -0.3 is 4.98 Å². The van der Waals surface area contributed by atoms with E-state index in [1.54, 1.807) is 6.33 Å². The van der Waals surface area contributed by atoms with Crippen LogP contribution >= 0.6 is 0 Å². The number of imidazole rings is 1. The normalized spacial score (nSPS) is 30.8. The fourth-order valence-corrected chi connectivity index (χ4v) is 3.20. The van der Waals surface area contributed by atoms with Crippen LogP contribution in [0.1, 0.15) is 44.5 Å². The maximum absolute atomic E-state index is 12.4. The molecule has 0 radical (unpaired) electrons. The van der Waals surface area contributed by atoms with E-state index in [-0.39, 0.29) is 11.9 Å². The molecule has 1 fully saturated rings. The third-order valence-electron chi connectivity index (χ3n) is 4.48. The van der Waals surface area contributed by atoms with Crippen LogP contribution in [0.2, 0.25) is 0 Å². The van der Waals surface area contributed by atoms with E-state index in [0.29, 0.717) is 25.0 Å². The molecule has 1 amide bonds. The first-order valence-electron chi connectivity index (χ1n) is 7.48. The topological polar surface area (TPSA) is 73.0 Å². The van der Waals surface area contributed by atoms with E-state index in [2.05, 4.69) is 39.6 Å². The molecule has 3 heterocycles. The van der Waals surface area contributed by atoms with E-state index in [0.717, 1.165) is 24.2 Å². The van der Waals surface area contributed by atoms with Gasteiger partial charge in [0, 0.05) is 25.0 Å². The summed E-state index contributed by atoms with van der Waals surface area (Å²) in [7, 11) is 0. The van der Waals surface area contributed by atoms with E-state index in [9.17, 15) is 4.79 Å². The molecule has 0 aliphatic carbocycles. The summed E-state index contributed by atoms with van der Waals surface area (Å²) in [4.78, 5) is 19.8. The number of nitrogens with zero attached hydrogens (tertiary/aromatic N) is 2. The lowest BCUT2D eigenvalue weighted by Gasteiger charge is -2.39. The van der Waals surface area contributed by atoms with Crippen molar-refractivity contribution in [2.24, 2.45) is 0 Å². The molecule has 3 unspecified atom stereocenters. The fraction of sp³-hybridized carbons (Fsp3) is 0.714. The first kappa shape index (κ1) is 13.6. The first-order valence-corrected chi connectivity index (χ1v) is 7.48. The average molecular weight is 277 g/mol. The predicted molar refractivity (Wildman–Crippen MR) is 75.7 cm³/mol. The van der Waals surface area contributed by atoms with Gasteiger partial charge in [0.15, 0.2) is 0 Å². The molecule has 3 rings (SSSR count). The van der Waals surface area contributed by atoms with Gasteiger partial charge in [-0.3, -0.25) is 15.5 Å². The van der Waals surface area contributed by atoms with Crippen molar-refractivity contribution in [3.05, 3.63) is 17.7 Å². The van der Waals surface area contributed by atoms with Crippen molar-refractivity contribution >= 4 is 5.91 Å². The monoisotopic (exact) mass is 277 g/mol. The second kappa shape index (κ2) is 5.54. The molecule has 1 saturated heterocycles. The average Bonchev–Trinajstić information content (AvgIpc) is 2.90. The van der Waals surface area contributed by atoms with Gasteiger partial charge in [-0.05, 0) is 26.7 Å². The number of piperidine rings is 1. The molecule has 6 nitrogen and oxygen atoms in total. The summed E-state index contributed by atoms with van der Waals surface area (Å²) in [5.41, 5.74) is 5.20. The highest BCUT2D eigenvalue weighted by molar-refractivity contribution is 5.81. The van der Waals surface area contributed by atoms with Crippen LogP contribution in [0, 0.1) is 0 Å². The van der Waals surface area contributed by atoms with Crippen LogP contribution in [-0.2, 0) is 17.8 Å². The number of aromatic amines is 1. The second-order valence-corrected chi connectivity index (χ2v) is 5.98. The number of carbonyl (C=O) groups is 1. The van der Waals surface area contributed by atoms with Crippen molar-refractivity contribution in [3.8, 4) is 0 Å². The number of nitrogens with one attached hydrogen (secondary N) is 3. The zero-order chi connectivity index (χ0) is 14.1. The Morgan fingerprint density at radius 3 is 2.90 bits per heavy atom. The van der Waals surface area contributed by atoms with Gasteiger partial charge in [-0.2, -0.15) is 0 Å². The number of fused-ring (bicyclic) bond motifs is 1. The molecule has 0 spiro atoms. The number of aromatic nitrogens is 2. The molecule has 2 aliphatic rings. The number of hydrazine groups is 1. The molecule has 1 aromatic heterocycles. The molecule has 6 heteroatoms. The summed E-state index contributed by atoms with van der Waals surface area (Å²) in [6.07, 6.45) is 5.88. The molecule has 0 bridgehead atoms. The van der Waals surface area contributed by atoms with Gasteiger partial charge in [0.05, 0.1) is 23.8 Å². The van der Waals surface area contributed by atoms with Crippen LogP contribution in [-0.4, -0.2) is 39.0 Å². The molecule has 2 aliphatic heterocycles. The van der Waals surface area contributed by atoms with Crippen LogP contribution in [0.25, 0.3) is 0 Å². The smallest absolute Gasteiger partial charge is 0.251 e. The minimum Gasteiger partial charge on any atom is -0.347 e. The van der Waals surface area contributed by atoms with Gasteiger partial charge in [0.2, 0.25) is 0 Å². The molecular formula is C14H23N5O. The number of amides is 1. The highest BCUT2D eigenvalue weighted by Gasteiger charge is 2.30. The molecule has 0 saturated carbocycles. The van der Waals surface area contributed by atoms with Crippen LogP contribution in [0.3, 0.4) is 0 Å². The number of rotatable bonds is 2. The van der Waals surface area contributed by atoms with Crippen molar-refractivity contribution in [1.82, 2.24) is 25.7 Å². The lowest BCUT2D eigenvalue weighted by molar-refractivity contribution is -0.131. The van der Waals surface area contributed by atoms with Crippen LogP contribution < -0.4 is 10.7 Å². The summed E-state index contributed by atoms with van der Waals surface area (Å²) < 4.78 is 0. The number of hydrogen-bond donors (Lipinski definition) is 3. The molecular weight excluding hydrogens is 254 g/mol. The molecule has 0 aromatic carbocycles. The Bertz CT molecular complexity index is 476. The molecule has 20 heavy (non-hydrogen) atoms. The number of H-pyrrole nitrogens is 1. The predicted octanol–water partition coefficient (Wildman–Crippen LogP) is 0.718. The lowest BCUT2D eigenvalue weighted by atomic mass is 9.99. The molecule has 3 N–H and O–H groups in total. The zero-order valence-electron chi connectivity index (χ0n) is 12.1. The van der Waals surface area contributed by atoms with Gasteiger partial charge in [0.25, 0.3) is 5.91 Å². The summed E-state index contributed by atoms with van der Waals surface area (Å²) in [6.45, 7) is 5.03. The molecule has 1 aromatic rings. The van der Waals surface area contributed by atoms with E-state index < -0.39 is 0 Å². The van der Waals surface area contributed by atoms with Crippen molar-refractivity contribution < 1.29 is 4.79 Å². The van der Waals surface area contributed by atoms with Gasteiger partial charge in [-0.15, -0.1) is 0 Å². The van der Waals surface area contributed by atoms with E-state index in [1.807, 2.05) is 0 Å². The Balaban J connectivity index is 1.62. The Hall–Kier alpha value is -1.40. The minimum absolute atomic E-state index is 0.0549. The van der Waals surface area contributed by atoms with Crippen molar-refractivity contribution in [1.29, 1.82) is 0 Å². The van der Waals surface area contributed by atoms with Crippen LogP contribution in [0.4, 0.5) is 0 Å². The third kappa shape index (κ3) is 2.58. The van der Waals surface area contributed by atoms with Gasteiger partial charge in [-0.1, -0.05) is 6.42 Å². The second-order valence-electron chi connectivity index (χ2n) is 5.98. The third-order valence-corrected chi connectivity index (χ3v) is 4.48. The summed E-state index contributed by atoms with van der Waals surface area (Å²) in [5.74, 6) is 0.0549. The highest BCUT2D eigenvalue weighted by atomic mass is 16.2. The largest absolute Gasteiger partial charge is 0.347 e. The quantitative estimate of drug-likeness (QED) is 0.745. The summed E-state index contributed by atoms with van der Waals surface area (Å²) >= 11 is 0. The Morgan fingerprint density at radius 1 is 1.40 bits per heavy atom. The molecule has 110 valence electrons. The Labute approximate surface area is 119 Å². The molecule has 3 atom stereocenters. The van der Waals surface area contributed by atoms with Crippen molar-refractivity contribution in [2.75, 3.05) is 0 Å². The van der Waals surface area contributed by atoms with Gasteiger partial charge >= 0.3 is 0 Å². The minimum atomic E-state index is -0.188. The highest BCUT2D eigenvalue weighted by Crippen LogP contribution is 2.20. The van der Waals surface area contributed by atoms with Crippen molar-refractivity contribution in [3.63, 3.8) is 0 Å². The van der Waals surface area contributed by atoms with Crippen LogP contribution in [0.15, 0.2) is 6.33 Å². The maximum atomic E-state index is 12.4.